The molecule has 234 valence electrons. The number of fused-ring (bicyclic) bond motifs is 1. The molecule has 0 radical (unpaired) electrons. The molecule has 2 aliphatic heterocycles. The Hall–Kier alpha value is -2.74. The third-order valence-corrected chi connectivity index (χ3v) is 8.83. The van der Waals surface area contributed by atoms with Gasteiger partial charge in [0.25, 0.3) is 0 Å². The third kappa shape index (κ3) is 9.15. The zero-order chi connectivity index (χ0) is 31.1. The minimum absolute atomic E-state index is 0.0734. The molecule has 1 saturated heterocycles. The number of rotatable bonds is 9. The summed E-state index contributed by atoms with van der Waals surface area (Å²) in [6.45, 7) is 11.0. The molecule has 0 spiro atoms. The quantitative estimate of drug-likeness (QED) is 0.312. The highest BCUT2D eigenvalue weighted by Gasteiger charge is 2.27. The normalized spacial score (nSPS) is 20.2. The molecule has 0 aromatic heterocycles. The number of benzene rings is 2. The largest absolute Gasteiger partial charge is 0.342 e. The van der Waals surface area contributed by atoms with E-state index in [9.17, 15) is 0 Å². The number of aliphatic imine (C=N–C) groups is 2. The van der Waals surface area contributed by atoms with Crippen LogP contribution in [0.3, 0.4) is 0 Å². The van der Waals surface area contributed by atoms with Gasteiger partial charge in [-0.2, -0.15) is 0 Å². The topological polar surface area (TPSA) is 46.5 Å². The van der Waals surface area contributed by atoms with Gasteiger partial charge in [0.1, 0.15) is 11.7 Å². The van der Waals surface area contributed by atoms with Crippen molar-refractivity contribution in [1.82, 2.24) is 14.7 Å². The number of allylic oxidation sites excluding steroid dienone is 5. The minimum Gasteiger partial charge on any atom is -0.342 e. The van der Waals surface area contributed by atoms with E-state index < -0.39 is 0 Å². The van der Waals surface area contributed by atoms with Crippen molar-refractivity contribution in [3.63, 3.8) is 0 Å². The van der Waals surface area contributed by atoms with Gasteiger partial charge in [-0.25, -0.2) is 4.99 Å². The molecule has 5 rings (SSSR count). The van der Waals surface area contributed by atoms with E-state index >= 15 is 0 Å². The van der Waals surface area contributed by atoms with Crippen molar-refractivity contribution in [2.75, 3.05) is 65.2 Å². The summed E-state index contributed by atoms with van der Waals surface area (Å²) in [6, 6.07) is 17.0. The smallest absolute Gasteiger partial charge is 0.129 e. The van der Waals surface area contributed by atoms with Gasteiger partial charge in [0.2, 0.25) is 0 Å². The number of nitrogens with one attached hydrogen (secondary N) is 1. The monoisotopic (exact) mass is 632 g/mol. The lowest BCUT2D eigenvalue weighted by atomic mass is 9.93. The lowest BCUT2D eigenvalue weighted by Gasteiger charge is -2.33. The Bertz CT molecular complexity index is 1440. The summed E-state index contributed by atoms with van der Waals surface area (Å²) in [5.74, 6) is 1.88. The molecule has 8 heteroatoms. The highest BCUT2D eigenvalue weighted by atomic mass is 35.5. The van der Waals surface area contributed by atoms with Gasteiger partial charge in [0, 0.05) is 54.9 Å². The molecule has 0 bridgehead atoms. The SMILES string of the molecule is CN(C)CC(C)(C)CN=C1Cc2ccccc2NC(CN2CCCN(C(C3=CC=C(Cl)C=CC3)c3ccc(Cl)cc3)CC2)=N1. The Balaban J connectivity index is 1.34. The average Bonchev–Trinajstić information content (AvgIpc) is 3.41. The summed E-state index contributed by atoms with van der Waals surface area (Å²) in [6.07, 6.45) is 11.1. The van der Waals surface area contributed by atoms with Crippen LogP contribution in [0.2, 0.25) is 5.02 Å². The molecule has 6 nitrogen and oxygen atoms in total. The lowest BCUT2D eigenvalue weighted by Crippen LogP contribution is -2.38. The Morgan fingerprint density at radius 2 is 1.80 bits per heavy atom. The van der Waals surface area contributed by atoms with Gasteiger partial charge < -0.3 is 10.2 Å². The van der Waals surface area contributed by atoms with Crippen LogP contribution in [0.4, 0.5) is 5.69 Å². The predicted octanol–water partition coefficient (Wildman–Crippen LogP) is 7.45. The average molecular weight is 634 g/mol. The lowest BCUT2D eigenvalue weighted by molar-refractivity contribution is 0.224. The molecule has 44 heavy (non-hydrogen) atoms. The van der Waals surface area contributed by atoms with Gasteiger partial charge in [0.15, 0.2) is 0 Å². The van der Waals surface area contributed by atoms with E-state index in [4.69, 9.17) is 33.2 Å². The van der Waals surface area contributed by atoms with Crippen molar-refractivity contribution in [3.8, 4) is 0 Å². The molecular weight excluding hydrogens is 587 g/mol. The number of anilines is 1. The van der Waals surface area contributed by atoms with E-state index in [1.54, 1.807) is 0 Å². The summed E-state index contributed by atoms with van der Waals surface area (Å²) < 4.78 is 0. The van der Waals surface area contributed by atoms with Crippen molar-refractivity contribution in [3.05, 3.63) is 99.6 Å². The third-order valence-electron chi connectivity index (χ3n) is 8.33. The highest BCUT2D eigenvalue weighted by Crippen LogP contribution is 2.34. The second kappa shape index (κ2) is 15.0. The van der Waals surface area contributed by atoms with E-state index in [2.05, 4.69) is 96.5 Å². The minimum atomic E-state index is 0.0734. The first kappa shape index (κ1) is 32.6. The second-order valence-corrected chi connectivity index (χ2v) is 14.0. The summed E-state index contributed by atoms with van der Waals surface area (Å²) in [4.78, 5) is 17.6. The first-order valence-corrected chi connectivity index (χ1v) is 16.5. The molecule has 2 heterocycles. The molecule has 0 saturated carbocycles. The fourth-order valence-electron chi connectivity index (χ4n) is 6.47. The van der Waals surface area contributed by atoms with Crippen LogP contribution in [-0.4, -0.2) is 86.3 Å². The number of halogens is 2. The summed E-state index contributed by atoms with van der Waals surface area (Å²) >= 11 is 12.6. The molecule has 0 amide bonds. The molecule has 1 aliphatic carbocycles. The van der Waals surface area contributed by atoms with Crippen LogP contribution in [0.15, 0.2) is 93.4 Å². The fraction of sp³-hybridized carbons (Fsp3) is 0.444. The molecule has 1 atom stereocenters. The number of hydrogen-bond acceptors (Lipinski definition) is 5. The summed E-state index contributed by atoms with van der Waals surface area (Å²) in [5, 5.41) is 5.19. The Morgan fingerprint density at radius 3 is 2.59 bits per heavy atom. The van der Waals surface area contributed by atoms with Crippen LogP contribution in [-0.2, 0) is 6.42 Å². The van der Waals surface area contributed by atoms with Gasteiger partial charge in [-0.1, -0.05) is 79.5 Å². The molecule has 1 N–H and O–H groups in total. The van der Waals surface area contributed by atoms with Crippen molar-refractivity contribution >= 4 is 40.6 Å². The van der Waals surface area contributed by atoms with E-state index in [-0.39, 0.29) is 11.5 Å². The molecule has 2 aromatic carbocycles. The summed E-state index contributed by atoms with van der Waals surface area (Å²) in [5.41, 5.74) is 5.05. The van der Waals surface area contributed by atoms with Gasteiger partial charge in [-0.3, -0.25) is 14.8 Å². The zero-order valence-electron chi connectivity index (χ0n) is 26.6. The fourth-order valence-corrected chi connectivity index (χ4v) is 6.75. The molecule has 1 unspecified atom stereocenters. The van der Waals surface area contributed by atoms with E-state index in [0.717, 1.165) is 92.5 Å². The van der Waals surface area contributed by atoms with Gasteiger partial charge >= 0.3 is 0 Å². The zero-order valence-corrected chi connectivity index (χ0v) is 28.1. The Labute approximate surface area is 273 Å². The van der Waals surface area contributed by atoms with Crippen LogP contribution >= 0.6 is 23.2 Å². The maximum Gasteiger partial charge on any atom is 0.129 e. The standard InChI is InChI=1S/C36H46Cl2N6/c1-36(2,26-42(3)4)25-39-33-23-29-9-5-6-12-32(29)40-34(41-33)24-43-19-8-20-44(22-21-43)35(28-14-17-31(38)18-15-28)27-10-7-11-30(37)16-13-27/h5-7,9,11-18,35H,8,10,19-26H2,1-4H3,(H,39,40,41). The molecule has 3 aliphatic rings. The molecular formula is C36H46Cl2N6. The number of nitrogens with zero attached hydrogens (tertiary/aromatic N) is 5. The van der Waals surface area contributed by atoms with Crippen LogP contribution in [0.1, 0.15) is 43.9 Å². The first-order valence-electron chi connectivity index (χ1n) is 15.7. The maximum absolute atomic E-state index is 6.36. The van der Waals surface area contributed by atoms with Crippen molar-refractivity contribution in [2.24, 2.45) is 15.4 Å². The van der Waals surface area contributed by atoms with Gasteiger partial charge in [0.05, 0.1) is 12.6 Å². The van der Waals surface area contributed by atoms with E-state index in [1.807, 2.05) is 24.3 Å². The van der Waals surface area contributed by atoms with Crippen molar-refractivity contribution in [2.45, 2.75) is 39.2 Å². The van der Waals surface area contributed by atoms with Gasteiger partial charge in [-0.15, -0.1) is 0 Å². The number of amidine groups is 2. The van der Waals surface area contributed by atoms with Gasteiger partial charge in [-0.05, 0) is 85.9 Å². The second-order valence-electron chi connectivity index (χ2n) is 13.2. The molecule has 1 fully saturated rings. The van der Waals surface area contributed by atoms with Crippen LogP contribution < -0.4 is 5.32 Å². The van der Waals surface area contributed by atoms with E-state index in [0.29, 0.717) is 0 Å². The maximum atomic E-state index is 6.36. The number of hydrogen-bond donors (Lipinski definition) is 1. The van der Waals surface area contributed by atoms with Crippen LogP contribution in [0.25, 0.3) is 0 Å². The van der Waals surface area contributed by atoms with E-state index in [1.165, 1.54) is 16.7 Å². The predicted molar refractivity (Wildman–Crippen MR) is 188 cm³/mol. The van der Waals surface area contributed by atoms with Crippen molar-refractivity contribution < 1.29 is 0 Å². The Morgan fingerprint density at radius 1 is 1.00 bits per heavy atom. The van der Waals surface area contributed by atoms with Crippen LogP contribution in [0, 0.1) is 5.41 Å². The number of para-hydroxylation sites is 1. The molecule has 2 aromatic rings. The van der Waals surface area contributed by atoms with Crippen molar-refractivity contribution in [1.29, 1.82) is 0 Å². The summed E-state index contributed by atoms with van der Waals surface area (Å²) in [7, 11) is 4.24. The first-order chi connectivity index (χ1) is 21.1. The highest BCUT2D eigenvalue weighted by molar-refractivity contribution is 6.31. The Kier molecular flexibility index (Phi) is 11.2. The van der Waals surface area contributed by atoms with Crippen LogP contribution in [0.5, 0.6) is 0 Å².